The molecule has 3 heterocycles. The Morgan fingerprint density at radius 3 is 2.75 bits per heavy atom. The molecule has 0 radical (unpaired) electrons. The van der Waals surface area contributed by atoms with Gasteiger partial charge in [-0.05, 0) is 44.0 Å². The molecule has 3 aromatic rings. The first kappa shape index (κ1) is 18.5. The fourth-order valence-electron chi connectivity index (χ4n) is 3.27. The zero-order chi connectivity index (χ0) is 19.7. The standard InChI is InChI=1S/C19H18ClN3O5/c1-2-26-19(25)18(24)23-7-5-11(6-8-23)16-21-22-17(28-16)15-10-12-9-13(20)3-4-14(12)27-15/h3-4,9-11H,2,5-8H2,1H3. The topological polar surface area (TPSA) is 98.7 Å². The van der Waals surface area contributed by atoms with Crippen LogP contribution in [0, 0.1) is 0 Å². The molecule has 0 bridgehead atoms. The zero-order valence-corrected chi connectivity index (χ0v) is 15.9. The van der Waals surface area contributed by atoms with Crippen molar-refractivity contribution in [3.63, 3.8) is 0 Å². The summed E-state index contributed by atoms with van der Waals surface area (Å²) in [5.41, 5.74) is 0.685. The van der Waals surface area contributed by atoms with E-state index in [9.17, 15) is 9.59 Å². The van der Waals surface area contributed by atoms with Crippen molar-refractivity contribution in [2.24, 2.45) is 0 Å². The summed E-state index contributed by atoms with van der Waals surface area (Å²) in [5.74, 6) is -0.125. The van der Waals surface area contributed by atoms with E-state index in [0.29, 0.717) is 54.1 Å². The van der Waals surface area contributed by atoms with E-state index in [0.717, 1.165) is 5.39 Å². The minimum absolute atomic E-state index is 0.0197. The molecule has 0 N–H and O–H groups in total. The quantitative estimate of drug-likeness (QED) is 0.488. The zero-order valence-electron chi connectivity index (χ0n) is 15.2. The molecule has 0 atom stereocenters. The molecule has 146 valence electrons. The summed E-state index contributed by atoms with van der Waals surface area (Å²) < 4.78 is 16.3. The van der Waals surface area contributed by atoms with Crippen molar-refractivity contribution in [1.29, 1.82) is 0 Å². The fraction of sp³-hybridized carbons (Fsp3) is 0.368. The minimum atomic E-state index is -0.814. The van der Waals surface area contributed by atoms with E-state index in [2.05, 4.69) is 10.2 Å². The number of hydrogen-bond donors (Lipinski definition) is 0. The third-order valence-corrected chi connectivity index (χ3v) is 4.95. The third-order valence-electron chi connectivity index (χ3n) is 4.71. The first-order valence-corrected chi connectivity index (χ1v) is 9.42. The van der Waals surface area contributed by atoms with E-state index >= 15 is 0 Å². The second kappa shape index (κ2) is 7.63. The number of aromatic nitrogens is 2. The number of carbonyl (C=O) groups excluding carboxylic acids is 2. The van der Waals surface area contributed by atoms with Crippen LogP contribution < -0.4 is 0 Å². The number of amides is 1. The van der Waals surface area contributed by atoms with Crippen molar-refractivity contribution < 1.29 is 23.2 Å². The van der Waals surface area contributed by atoms with Crippen LogP contribution in [0.15, 0.2) is 33.1 Å². The summed E-state index contributed by atoms with van der Waals surface area (Å²) in [7, 11) is 0. The summed E-state index contributed by atoms with van der Waals surface area (Å²) in [4.78, 5) is 25.1. The van der Waals surface area contributed by atoms with Crippen LogP contribution in [0.4, 0.5) is 0 Å². The number of halogens is 1. The van der Waals surface area contributed by atoms with Crippen molar-refractivity contribution in [2.75, 3.05) is 19.7 Å². The van der Waals surface area contributed by atoms with Gasteiger partial charge in [0.15, 0.2) is 5.76 Å². The molecule has 2 aromatic heterocycles. The number of nitrogens with zero attached hydrogens (tertiary/aromatic N) is 3. The number of likely N-dealkylation sites (tertiary alicyclic amines) is 1. The Kier molecular flexibility index (Phi) is 5.04. The summed E-state index contributed by atoms with van der Waals surface area (Å²) in [6.07, 6.45) is 1.25. The molecule has 8 nitrogen and oxygen atoms in total. The summed E-state index contributed by atoms with van der Waals surface area (Å²) >= 11 is 6.00. The first-order valence-electron chi connectivity index (χ1n) is 9.04. The normalized spacial score (nSPS) is 15.1. The molecule has 1 aliphatic heterocycles. The van der Waals surface area contributed by atoms with E-state index in [1.165, 1.54) is 4.90 Å². The summed E-state index contributed by atoms with van der Waals surface area (Å²) in [6, 6.07) is 7.15. The number of furan rings is 1. The SMILES string of the molecule is CCOC(=O)C(=O)N1CCC(c2nnc(-c3cc4cc(Cl)ccc4o3)o2)CC1. The second-order valence-electron chi connectivity index (χ2n) is 6.53. The summed E-state index contributed by atoms with van der Waals surface area (Å²) in [5, 5.41) is 9.70. The Morgan fingerprint density at radius 2 is 2.00 bits per heavy atom. The average Bonchev–Trinajstić information content (AvgIpc) is 3.34. The van der Waals surface area contributed by atoms with Crippen LogP contribution in [-0.2, 0) is 14.3 Å². The number of esters is 1. The van der Waals surface area contributed by atoms with Gasteiger partial charge in [0.05, 0.1) is 6.61 Å². The van der Waals surface area contributed by atoms with Gasteiger partial charge in [-0.1, -0.05) is 11.6 Å². The minimum Gasteiger partial charge on any atom is -0.459 e. The van der Waals surface area contributed by atoms with Crippen LogP contribution >= 0.6 is 11.6 Å². The van der Waals surface area contributed by atoms with Gasteiger partial charge in [0.25, 0.3) is 5.89 Å². The Hall–Kier alpha value is -2.87. The number of fused-ring (bicyclic) bond motifs is 1. The molecule has 4 rings (SSSR count). The van der Waals surface area contributed by atoms with Crippen molar-refractivity contribution in [2.45, 2.75) is 25.7 Å². The molecule has 0 unspecified atom stereocenters. The van der Waals surface area contributed by atoms with Crippen molar-refractivity contribution in [1.82, 2.24) is 15.1 Å². The van der Waals surface area contributed by atoms with E-state index in [1.54, 1.807) is 31.2 Å². The Balaban J connectivity index is 1.43. The highest BCUT2D eigenvalue weighted by Crippen LogP contribution is 2.32. The van der Waals surface area contributed by atoms with Crippen molar-refractivity contribution in [3.05, 3.63) is 35.2 Å². The average molecular weight is 404 g/mol. The number of benzene rings is 1. The molecule has 1 fully saturated rings. The molecule has 1 saturated heterocycles. The van der Waals surface area contributed by atoms with Crippen LogP contribution in [-0.4, -0.2) is 46.7 Å². The van der Waals surface area contributed by atoms with E-state index < -0.39 is 11.9 Å². The van der Waals surface area contributed by atoms with Crippen LogP contribution in [0.3, 0.4) is 0 Å². The Morgan fingerprint density at radius 1 is 1.21 bits per heavy atom. The molecule has 1 aliphatic rings. The Labute approximate surface area is 165 Å². The van der Waals surface area contributed by atoms with Gasteiger partial charge in [-0.2, -0.15) is 0 Å². The molecule has 9 heteroatoms. The van der Waals surface area contributed by atoms with Crippen LogP contribution in [0.2, 0.25) is 5.02 Å². The monoisotopic (exact) mass is 403 g/mol. The highest BCUT2D eigenvalue weighted by atomic mass is 35.5. The summed E-state index contributed by atoms with van der Waals surface area (Å²) in [6.45, 7) is 2.72. The fourth-order valence-corrected chi connectivity index (χ4v) is 3.45. The van der Waals surface area contributed by atoms with Gasteiger partial charge in [0, 0.05) is 29.4 Å². The van der Waals surface area contributed by atoms with Gasteiger partial charge in [0.2, 0.25) is 5.89 Å². The largest absolute Gasteiger partial charge is 0.459 e. The number of ether oxygens (including phenoxy) is 1. The van der Waals surface area contributed by atoms with Gasteiger partial charge in [-0.15, -0.1) is 10.2 Å². The van der Waals surface area contributed by atoms with Gasteiger partial charge < -0.3 is 18.5 Å². The number of hydrogen-bond acceptors (Lipinski definition) is 7. The smallest absolute Gasteiger partial charge is 0.397 e. The molecular formula is C19H18ClN3O5. The molecule has 0 saturated carbocycles. The number of carbonyl (C=O) groups is 2. The number of piperidine rings is 1. The van der Waals surface area contributed by atoms with Gasteiger partial charge in [0.1, 0.15) is 5.58 Å². The molecule has 0 aliphatic carbocycles. The lowest BCUT2D eigenvalue weighted by atomic mass is 9.97. The van der Waals surface area contributed by atoms with Gasteiger partial charge in [-0.3, -0.25) is 4.79 Å². The van der Waals surface area contributed by atoms with Crippen molar-refractivity contribution >= 4 is 34.4 Å². The molecule has 1 aromatic carbocycles. The van der Waals surface area contributed by atoms with Gasteiger partial charge in [-0.25, -0.2) is 4.79 Å². The maximum absolute atomic E-state index is 12.0. The highest BCUT2D eigenvalue weighted by Gasteiger charge is 2.31. The third kappa shape index (κ3) is 3.60. The lowest BCUT2D eigenvalue weighted by molar-refractivity contribution is -0.160. The molecule has 1 amide bonds. The number of rotatable bonds is 3. The Bertz CT molecular complexity index is 1020. The predicted molar refractivity (Wildman–Crippen MR) is 99.7 cm³/mol. The van der Waals surface area contributed by atoms with E-state index in [4.69, 9.17) is 25.2 Å². The van der Waals surface area contributed by atoms with Crippen LogP contribution in [0.25, 0.3) is 22.6 Å². The van der Waals surface area contributed by atoms with E-state index in [1.807, 2.05) is 0 Å². The molecule has 28 heavy (non-hydrogen) atoms. The van der Waals surface area contributed by atoms with Crippen LogP contribution in [0.1, 0.15) is 31.6 Å². The maximum Gasteiger partial charge on any atom is 0.397 e. The molecule has 0 spiro atoms. The van der Waals surface area contributed by atoms with Gasteiger partial charge >= 0.3 is 11.9 Å². The lowest BCUT2D eigenvalue weighted by Gasteiger charge is -2.29. The van der Waals surface area contributed by atoms with Crippen molar-refractivity contribution in [3.8, 4) is 11.7 Å². The van der Waals surface area contributed by atoms with E-state index in [-0.39, 0.29) is 12.5 Å². The second-order valence-corrected chi connectivity index (χ2v) is 6.96. The maximum atomic E-state index is 12.0. The lowest BCUT2D eigenvalue weighted by Crippen LogP contribution is -2.42. The van der Waals surface area contributed by atoms with Crippen LogP contribution in [0.5, 0.6) is 0 Å². The molecular weight excluding hydrogens is 386 g/mol. The first-order chi connectivity index (χ1) is 13.5. The predicted octanol–water partition coefficient (Wildman–Crippen LogP) is 3.41. The highest BCUT2D eigenvalue weighted by molar-refractivity contribution is 6.32.